The minimum absolute atomic E-state index is 0.335. The van der Waals surface area contributed by atoms with Crippen molar-refractivity contribution in [1.82, 2.24) is 20.4 Å². The van der Waals surface area contributed by atoms with E-state index in [1.165, 1.54) is 0 Å². The zero-order valence-electron chi connectivity index (χ0n) is 17.3. The van der Waals surface area contributed by atoms with Gasteiger partial charge in [0.25, 0.3) is 0 Å². The molecule has 5 rings (SSSR count). The Kier molecular flexibility index (Phi) is 5.55. The van der Waals surface area contributed by atoms with Crippen LogP contribution in [-0.4, -0.2) is 41.9 Å². The van der Waals surface area contributed by atoms with Crippen LogP contribution in [0.15, 0.2) is 82.5 Å². The fourth-order valence-electron chi connectivity index (χ4n) is 3.86. The van der Waals surface area contributed by atoms with Gasteiger partial charge in [0.2, 0.25) is 0 Å². The molecule has 0 saturated carbocycles. The van der Waals surface area contributed by atoms with E-state index in [1.807, 2.05) is 36.4 Å². The van der Waals surface area contributed by atoms with E-state index < -0.39 is 9.84 Å². The van der Waals surface area contributed by atoms with Gasteiger partial charge in [-0.2, -0.15) is 0 Å². The summed E-state index contributed by atoms with van der Waals surface area (Å²) < 4.78 is 31.3. The lowest BCUT2D eigenvalue weighted by Gasteiger charge is -2.22. The largest absolute Gasteiger partial charge is 0.354 e. The SMILES string of the molecule is O=S(=O)(c1ccc(-c2cncc(-c3cc(-c4ccccc4)no3)n2)cc1)C1CCCNC1. The van der Waals surface area contributed by atoms with Crippen molar-refractivity contribution in [3.63, 3.8) is 0 Å². The highest BCUT2D eigenvalue weighted by Gasteiger charge is 2.28. The number of sulfone groups is 1. The van der Waals surface area contributed by atoms with Crippen LogP contribution >= 0.6 is 0 Å². The van der Waals surface area contributed by atoms with Crippen LogP contribution in [0.2, 0.25) is 0 Å². The number of nitrogens with one attached hydrogen (secondary N) is 1. The number of rotatable bonds is 5. The number of hydrogen-bond donors (Lipinski definition) is 1. The average Bonchev–Trinajstić information content (AvgIpc) is 3.36. The molecular formula is C24H22N4O3S. The number of aromatic nitrogens is 3. The van der Waals surface area contributed by atoms with Crippen molar-refractivity contribution in [3.8, 4) is 34.0 Å². The molecule has 1 aliphatic rings. The van der Waals surface area contributed by atoms with Gasteiger partial charge in [-0.1, -0.05) is 47.6 Å². The quantitative estimate of drug-likeness (QED) is 0.495. The van der Waals surface area contributed by atoms with E-state index >= 15 is 0 Å². The Balaban J connectivity index is 1.40. The van der Waals surface area contributed by atoms with Crippen LogP contribution in [0.3, 0.4) is 0 Å². The number of nitrogens with zero attached hydrogens (tertiary/aromatic N) is 3. The van der Waals surface area contributed by atoms with Gasteiger partial charge in [0, 0.05) is 23.7 Å². The topological polar surface area (TPSA) is 98.0 Å². The molecule has 32 heavy (non-hydrogen) atoms. The molecule has 2 aromatic carbocycles. The summed E-state index contributed by atoms with van der Waals surface area (Å²) in [5, 5.41) is 6.92. The number of benzene rings is 2. The van der Waals surface area contributed by atoms with Crippen molar-refractivity contribution in [1.29, 1.82) is 0 Å². The Morgan fingerprint density at radius 2 is 1.66 bits per heavy atom. The Morgan fingerprint density at radius 3 is 2.41 bits per heavy atom. The summed E-state index contributed by atoms with van der Waals surface area (Å²) in [5.41, 5.74) is 3.64. The lowest BCUT2D eigenvalue weighted by Crippen LogP contribution is -2.38. The molecule has 7 nitrogen and oxygen atoms in total. The second-order valence-electron chi connectivity index (χ2n) is 7.77. The van der Waals surface area contributed by atoms with Gasteiger partial charge in [-0.3, -0.25) is 4.98 Å². The monoisotopic (exact) mass is 446 g/mol. The predicted octanol–water partition coefficient (Wildman–Crippen LogP) is 3.99. The first-order valence-corrected chi connectivity index (χ1v) is 12.1. The fraction of sp³-hybridized carbons (Fsp3) is 0.208. The molecule has 0 bridgehead atoms. The van der Waals surface area contributed by atoms with Crippen molar-refractivity contribution in [3.05, 3.63) is 73.1 Å². The van der Waals surface area contributed by atoms with Gasteiger partial charge in [-0.15, -0.1) is 0 Å². The lowest BCUT2D eigenvalue weighted by molar-refractivity contribution is 0.433. The molecular weight excluding hydrogens is 424 g/mol. The third kappa shape index (κ3) is 4.06. The Hall–Kier alpha value is -3.36. The molecule has 0 aliphatic carbocycles. The molecule has 1 aliphatic heterocycles. The molecule has 4 aromatic rings. The van der Waals surface area contributed by atoms with Gasteiger partial charge in [0.05, 0.1) is 28.2 Å². The zero-order chi connectivity index (χ0) is 22.0. The molecule has 8 heteroatoms. The lowest BCUT2D eigenvalue weighted by atomic mass is 10.1. The summed E-state index contributed by atoms with van der Waals surface area (Å²) in [7, 11) is -3.36. The van der Waals surface area contributed by atoms with Gasteiger partial charge in [-0.25, -0.2) is 13.4 Å². The molecule has 1 N–H and O–H groups in total. The van der Waals surface area contributed by atoms with Crippen LogP contribution in [-0.2, 0) is 9.84 Å². The van der Waals surface area contributed by atoms with Crippen LogP contribution in [0.1, 0.15) is 12.8 Å². The van der Waals surface area contributed by atoms with Gasteiger partial charge >= 0.3 is 0 Å². The maximum absolute atomic E-state index is 12.9. The second-order valence-corrected chi connectivity index (χ2v) is 10.00. The second kappa shape index (κ2) is 8.64. The Morgan fingerprint density at radius 1 is 0.906 bits per heavy atom. The van der Waals surface area contributed by atoms with Crippen molar-refractivity contribution in [2.45, 2.75) is 23.0 Å². The van der Waals surface area contributed by atoms with Crippen molar-refractivity contribution >= 4 is 9.84 Å². The fourth-order valence-corrected chi connectivity index (χ4v) is 5.57. The standard InChI is InChI=1S/C24H22N4O3S/c29-32(30,20-7-4-12-25-14-20)19-10-8-18(9-11-19)22-15-26-16-23(27-22)24-13-21(28-31-24)17-5-2-1-3-6-17/h1-3,5-6,8-11,13,15-16,20,25H,4,7,12,14H2. The molecule has 162 valence electrons. The van der Waals surface area contributed by atoms with Crippen LogP contribution in [0.4, 0.5) is 0 Å². The Labute approximate surface area is 186 Å². The molecule has 1 atom stereocenters. The van der Waals surface area contributed by atoms with E-state index in [4.69, 9.17) is 4.52 Å². The summed E-state index contributed by atoms with van der Waals surface area (Å²) in [4.78, 5) is 9.27. The summed E-state index contributed by atoms with van der Waals surface area (Å²) >= 11 is 0. The number of piperidine rings is 1. The molecule has 2 aromatic heterocycles. The van der Waals surface area contributed by atoms with Gasteiger partial charge in [0.15, 0.2) is 15.6 Å². The summed E-state index contributed by atoms with van der Waals surface area (Å²) in [6.07, 6.45) is 4.82. The van der Waals surface area contributed by atoms with E-state index in [-0.39, 0.29) is 5.25 Å². The predicted molar refractivity (Wildman–Crippen MR) is 121 cm³/mol. The van der Waals surface area contributed by atoms with Crippen molar-refractivity contribution < 1.29 is 12.9 Å². The van der Waals surface area contributed by atoms with Crippen molar-refractivity contribution in [2.24, 2.45) is 0 Å². The van der Waals surface area contributed by atoms with E-state index in [9.17, 15) is 8.42 Å². The summed E-state index contributed by atoms with van der Waals surface area (Å²) in [5.74, 6) is 0.516. The zero-order valence-corrected chi connectivity index (χ0v) is 18.1. The van der Waals surface area contributed by atoms with Crippen LogP contribution in [0.5, 0.6) is 0 Å². The molecule has 1 fully saturated rings. The van der Waals surface area contributed by atoms with E-state index in [0.717, 1.165) is 29.8 Å². The summed E-state index contributed by atoms with van der Waals surface area (Å²) in [6.45, 7) is 1.37. The highest BCUT2D eigenvalue weighted by molar-refractivity contribution is 7.92. The minimum atomic E-state index is -3.36. The first-order chi connectivity index (χ1) is 15.6. The molecule has 1 unspecified atom stereocenters. The third-order valence-electron chi connectivity index (χ3n) is 5.64. The average molecular weight is 447 g/mol. The van der Waals surface area contributed by atoms with Gasteiger partial charge < -0.3 is 9.84 Å². The molecule has 0 spiro atoms. The van der Waals surface area contributed by atoms with Crippen LogP contribution in [0.25, 0.3) is 34.0 Å². The highest BCUT2D eigenvalue weighted by atomic mass is 32.2. The maximum atomic E-state index is 12.9. The first-order valence-electron chi connectivity index (χ1n) is 10.5. The smallest absolute Gasteiger partial charge is 0.187 e. The normalized spacial score (nSPS) is 16.7. The van der Waals surface area contributed by atoms with E-state index in [0.29, 0.717) is 35.0 Å². The van der Waals surface area contributed by atoms with Crippen LogP contribution in [0, 0.1) is 0 Å². The minimum Gasteiger partial charge on any atom is -0.354 e. The Bertz CT molecular complexity index is 1310. The molecule has 1 saturated heterocycles. The molecule has 0 amide bonds. The highest BCUT2D eigenvalue weighted by Crippen LogP contribution is 2.27. The summed E-state index contributed by atoms with van der Waals surface area (Å²) in [6, 6.07) is 18.4. The third-order valence-corrected chi connectivity index (χ3v) is 7.85. The number of hydrogen-bond acceptors (Lipinski definition) is 7. The van der Waals surface area contributed by atoms with Gasteiger partial charge in [0.1, 0.15) is 11.4 Å². The molecule has 0 radical (unpaired) electrons. The van der Waals surface area contributed by atoms with E-state index in [1.54, 1.807) is 36.7 Å². The van der Waals surface area contributed by atoms with E-state index in [2.05, 4.69) is 20.4 Å². The van der Waals surface area contributed by atoms with Crippen LogP contribution < -0.4 is 5.32 Å². The van der Waals surface area contributed by atoms with Crippen molar-refractivity contribution in [2.75, 3.05) is 13.1 Å². The van der Waals surface area contributed by atoms with Gasteiger partial charge in [-0.05, 0) is 31.5 Å². The first kappa shape index (κ1) is 20.5. The molecule has 3 heterocycles. The maximum Gasteiger partial charge on any atom is 0.187 e.